The Labute approximate surface area is 144 Å². The van der Waals surface area contributed by atoms with Crippen LogP contribution in [0.2, 0.25) is 0 Å². The van der Waals surface area contributed by atoms with Crippen molar-refractivity contribution in [2.24, 2.45) is 5.92 Å². The van der Waals surface area contributed by atoms with Gasteiger partial charge in [-0.05, 0) is 36.3 Å². The summed E-state index contributed by atoms with van der Waals surface area (Å²) in [6.45, 7) is 0.354. The van der Waals surface area contributed by atoms with Gasteiger partial charge in [-0.1, -0.05) is 24.3 Å². The Bertz CT molecular complexity index is 849. The van der Waals surface area contributed by atoms with E-state index >= 15 is 0 Å². The molecule has 1 atom stereocenters. The van der Waals surface area contributed by atoms with Gasteiger partial charge in [-0.3, -0.25) is 4.79 Å². The molecule has 0 unspecified atom stereocenters. The SMILES string of the molecule is COCc1c(C(=O)N[C@H](c2cccs2)C2CC2)oc2ccccc12. The van der Waals surface area contributed by atoms with Crippen molar-refractivity contribution in [3.8, 4) is 0 Å². The number of benzene rings is 1. The second-order valence-corrected chi connectivity index (χ2v) is 7.12. The Balaban J connectivity index is 1.66. The Kier molecular flexibility index (Phi) is 4.12. The first kappa shape index (κ1) is 15.4. The lowest BCUT2D eigenvalue weighted by Crippen LogP contribution is -2.29. The molecule has 5 heteroatoms. The monoisotopic (exact) mass is 341 g/mol. The highest BCUT2D eigenvalue weighted by molar-refractivity contribution is 7.10. The Morgan fingerprint density at radius 3 is 2.88 bits per heavy atom. The fourth-order valence-corrected chi connectivity index (χ4v) is 3.97. The van der Waals surface area contributed by atoms with Crippen LogP contribution in [0.4, 0.5) is 0 Å². The summed E-state index contributed by atoms with van der Waals surface area (Å²) in [7, 11) is 1.63. The minimum Gasteiger partial charge on any atom is -0.451 e. The van der Waals surface area contributed by atoms with E-state index in [1.165, 1.54) is 4.88 Å². The lowest BCUT2D eigenvalue weighted by Gasteiger charge is -2.16. The summed E-state index contributed by atoms with van der Waals surface area (Å²) < 4.78 is 11.1. The Hall–Kier alpha value is -2.11. The van der Waals surface area contributed by atoms with Crippen LogP contribution < -0.4 is 5.32 Å². The van der Waals surface area contributed by atoms with Crippen LogP contribution in [0.5, 0.6) is 0 Å². The summed E-state index contributed by atoms with van der Waals surface area (Å²) in [5.41, 5.74) is 1.53. The first-order valence-corrected chi connectivity index (χ1v) is 8.99. The van der Waals surface area contributed by atoms with Crippen molar-refractivity contribution in [1.29, 1.82) is 0 Å². The molecule has 1 N–H and O–H groups in total. The quantitative estimate of drug-likeness (QED) is 0.717. The Morgan fingerprint density at radius 2 is 2.17 bits per heavy atom. The molecule has 4 nitrogen and oxygen atoms in total. The van der Waals surface area contributed by atoms with Crippen LogP contribution in [0.3, 0.4) is 0 Å². The summed E-state index contributed by atoms with van der Waals surface area (Å²) >= 11 is 1.69. The highest BCUT2D eigenvalue weighted by Gasteiger charge is 2.35. The zero-order valence-electron chi connectivity index (χ0n) is 13.5. The second-order valence-electron chi connectivity index (χ2n) is 6.14. The molecule has 3 aromatic rings. The molecule has 24 heavy (non-hydrogen) atoms. The molecule has 4 rings (SSSR count). The molecule has 1 amide bonds. The number of ether oxygens (including phenoxy) is 1. The number of para-hydroxylation sites is 1. The van der Waals surface area contributed by atoms with Gasteiger partial charge in [-0.15, -0.1) is 11.3 Å². The maximum atomic E-state index is 12.9. The van der Waals surface area contributed by atoms with Gasteiger partial charge in [0.15, 0.2) is 5.76 Å². The largest absolute Gasteiger partial charge is 0.451 e. The van der Waals surface area contributed by atoms with Gasteiger partial charge >= 0.3 is 0 Å². The van der Waals surface area contributed by atoms with E-state index < -0.39 is 0 Å². The number of hydrogen-bond acceptors (Lipinski definition) is 4. The molecule has 1 aliphatic carbocycles. The normalized spacial score (nSPS) is 15.5. The highest BCUT2D eigenvalue weighted by Crippen LogP contribution is 2.42. The van der Waals surface area contributed by atoms with E-state index in [9.17, 15) is 4.79 Å². The van der Waals surface area contributed by atoms with E-state index in [1.54, 1.807) is 18.4 Å². The molecule has 1 aliphatic rings. The highest BCUT2D eigenvalue weighted by atomic mass is 32.1. The lowest BCUT2D eigenvalue weighted by atomic mass is 10.1. The molecule has 0 spiro atoms. The molecule has 1 aromatic carbocycles. The standard InChI is InChI=1S/C19H19NO3S/c1-22-11-14-13-5-2-3-6-15(13)23-18(14)19(21)20-17(12-8-9-12)16-7-4-10-24-16/h2-7,10,12,17H,8-9,11H2,1H3,(H,20,21)/t17-/m0/s1. The van der Waals surface area contributed by atoms with Gasteiger partial charge in [-0.2, -0.15) is 0 Å². The zero-order valence-corrected chi connectivity index (χ0v) is 14.3. The number of carbonyl (C=O) groups excluding carboxylic acids is 1. The molecule has 0 saturated heterocycles. The van der Waals surface area contributed by atoms with Crippen molar-refractivity contribution in [1.82, 2.24) is 5.32 Å². The second kappa shape index (κ2) is 6.42. The van der Waals surface area contributed by atoms with Crippen LogP contribution in [0.15, 0.2) is 46.2 Å². The molecule has 2 aromatic heterocycles. The van der Waals surface area contributed by atoms with Gasteiger partial charge in [0.05, 0.1) is 12.6 Å². The smallest absolute Gasteiger partial charge is 0.287 e. The van der Waals surface area contributed by atoms with E-state index in [0.717, 1.165) is 23.8 Å². The lowest BCUT2D eigenvalue weighted by molar-refractivity contribution is 0.0900. The van der Waals surface area contributed by atoms with Gasteiger partial charge in [0.2, 0.25) is 0 Å². The molecular weight excluding hydrogens is 322 g/mol. The number of thiophene rings is 1. The average molecular weight is 341 g/mol. The van der Waals surface area contributed by atoms with Gasteiger partial charge in [0.25, 0.3) is 5.91 Å². The fourth-order valence-electron chi connectivity index (χ4n) is 3.10. The third-order valence-electron chi connectivity index (χ3n) is 4.42. The number of nitrogens with one attached hydrogen (secondary N) is 1. The van der Waals surface area contributed by atoms with E-state index in [0.29, 0.717) is 23.9 Å². The number of amides is 1. The Morgan fingerprint density at radius 1 is 1.33 bits per heavy atom. The van der Waals surface area contributed by atoms with Crippen LogP contribution >= 0.6 is 11.3 Å². The average Bonchev–Trinajstić information content (AvgIpc) is 3.16. The van der Waals surface area contributed by atoms with E-state index in [4.69, 9.17) is 9.15 Å². The minimum atomic E-state index is -0.163. The third-order valence-corrected chi connectivity index (χ3v) is 5.38. The maximum absolute atomic E-state index is 12.9. The number of hydrogen-bond donors (Lipinski definition) is 1. The molecular formula is C19H19NO3S. The van der Waals surface area contributed by atoms with Crippen molar-refractivity contribution >= 4 is 28.2 Å². The molecule has 124 valence electrons. The van der Waals surface area contributed by atoms with Crippen molar-refractivity contribution in [2.75, 3.05) is 7.11 Å². The predicted octanol–water partition coefficient (Wildman–Crippen LogP) is 4.52. The summed E-state index contributed by atoms with van der Waals surface area (Å²) in [5, 5.41) is 6.16. The summed E-state index contributed by atoms with van der Waals surface area (Å²) in [6.07, 6.45) is 2.32. The van der Waals surface area contributed by atoms with Gasteiger partial charge in [0, 0.05) is 22.9 Å². The van der Waals surface area contributed by atoms with Gasteiger partial charge < -0.3 is 14.5 Å². The van der Waals surface area contributed by atoms with E-state index in [2.05, 4.69) is 16.8 Å². The zero-order chi connectivity index (χ0) is 16.5. The first-order valence-electron chi connectivity index (χ1n) is 8.11. The van der Waals surface area contributed by atoms with Crippen molar-refractivity contribution in [3.05, 3.63) is 58.0 Å². The van der Waals surface area contributed by atoms with Crippen LogP contribution in [0.25, 0.3) is 11.0 Å². The molecule has 0 bridgehead atoms. The van der Waals surface area contributed by atoms with Gasteiger partial charge in [0.1, 0.15) is 5.58 Å². The number of fused-ring (bicyclic) bond motifs is 1. The van der Waals surface area contributed by atoms with Crippen molar-refractivity contribution < 1.29 is 13.9 Å². The van der Waals surface area contributed by atoms with E-state index in [-0.39, 0.29) is 11.9 Å². The van der Waals surface area contributed by atoms with Crippen LogP contribution in [-0.2, 0) is 11.3 Å². The number of rotatable bonds is 6. The molecule has 0 aliphatic heterocycles. The first-order chi connectivity index (χ1) is 11.8. The number of furan rings is 1. The summed E-state index contributed by atoms with van der Waals surface area (Å²) in [5.74, 6) is 0.728. The fraction of sp³-hybridized carbons (Fsp3) is 0.316. The summed E-state index contributed by atoms with van der Waals surface area (Å²) in [4.78, 5) is 14.1. The minimum absolute atomic E-state index is 0.0705. The van der Waals surface area contributed by atoms with Crippen LogP contribution in [0, 0.1) is 5.92 Å². The molecule has 1 saturated carbocycles. The molecule has 0 radical (unpaired) electrons. The summed E-state index contributed by atoms with van der Waals surface area (Å²) in [6, 6.07) is 11.9. The van der Waals surface area contributed by atoms with E-state index in [1.807, 2.05) is 30.3 Å². The maximum Gasteiger partial charge on any atom is 0.287 e. The topological polar surface area (TPSA) is 51.5 Å². The number of carbonyl (C=O) groups is 1. The third kappa shape index (κ3) is 2.85. The predicted molar refractivity (Wildman–Crippen MR) is 94.2 cm³/mol. The van der Waals surface area contributed by atoms with Crippen molar-refractivity contribution in [3.63, 3.8) is 0 Å². The number of methoxy groups -OCH3 is 1. The van der Waals surface area contributed by atoms with Crippen LogP contribution in [0.1, 0.15) is 39.9 Å². The van der Waals surface area contributed by atoms with Crippen LogP contribution in [-0.4, -0.2) is 13.0 Å². The molecule has 2 heterocycles. The van der Waals surface area contributed by atoms with Crippen molar-refractivity contribution in [2.45, 2.75) is 25.5 Å². The van der Waals surface area contributed by atoms with Gasteiger partial charge in [-0.25, -0.2) is 0 Å². The molecule has 1 fully saturated rings.